The van der Waals surface area contributed by atoms with Gasteiger partial charge in [0.05, 0.1) is 6.54 Å². The van der Waals surface area contributed by atoms with E-state index in [1.807, 2.05) is 4.90 Å². The summed E-state index contributed by atoms with van der Waals surface area (Å²) in [5.74, 6) is 1.18. The minimum Gasteiger partial charge on any atom is -0.357 e. The first kappa shape index (κ1) is 21.5. The van der Waals surface area contributed by atoms with Crippen molar-refractivity contribution in [2.75, 3.05) is 32.7 Å². The van der Waals surface area contributed by atoms with Crippen molar-refractivity contribution in [3.63, 3.8) is 0 Å². The molecule has 1 fully saturated rings. The lowest BCUT2D eigenvalue weighted by Gasteiger charge is -2.27. The van der Waals surface area contributed by atoms with Crippen molar-refractivity contribution in [2.24, 2.45) is 10.4 Å². The molecule has 0 bridgehead atoms. The van der Waals surface area contributed by atoms with E-state index in [9.17, 15) is 4.79 Å². The molecule has 0 unspecified atom stereocenters. The molecule has 146 valence electrons. The minimum absolute atomic E-state index is 0. The highest BCUT2D eigenvalue weighted by atomic mass is 127. The van der Waals surface area contributed by atoms with E-state index in [1.54, 1.807) is 11.3 Å². The Morgan fingerprint density at radius 3 is 2.85 bits per heavy atom. The fraction of sp³-hybridized carbons (Fsp3) is 0.684. The number of halogens is 1. The lowest BCUT2D eigenvalue weighted by Crippen LogP contribution is -2.41. The highest BCUT2D eigenvalue weighted by molar-refractivity contribution is 14.0. The van der Waals surface area contributed by atoms with Crippen molar-refractivity contribution in [2.45, 2.75) is 46.6 Å². The molecule has 26 heavy (non-hydrogen) atoms. The number of aliphatic imine (C=N–C) groups is 1. The minimum atomic E-state index is 0. The largest absolute Gasteiger partial charge is 0.357 e. The van der Waals surface area contributed by atoms with Crippen LogP contribution in [0.3, 0.4) is 0 Å². The Morgan fingerprint density at radius 2 is 2.15 bits per heavy atom. The third kappa shape index (κ3) is 5.34. The summed E-state index contributed by atoms with van der Waals surface area (Å²) in [5.41, 5.74) is 1.67. The second kappa shape index (κ2) is 9.39. The molecule has 0 atom stereocenters. The van der Waals surface area contributed by atoms with Gasteiger partial charge in [-0.1, -0.05) is 13.8 Å². The van der Waals surface area contributed by atoms with Crippen LogP contribution in [0.2, 0.25) is 0 Å². The molecule has 2 aliphatic rings. The first-order chi connectivity index (χ1) is 12.0. The highest BCUT2D eigenvalue weighted by Gasteiger charge is 2.31. The molecule has 0 spiro atoms. The molecule has 1 saturated heterocycles. The Morgan fingerprint density at radius 1 is 1.35 bits per heavy atom. The Bertz CT molecular complexity index is 643. The van der Waals surface area contributed by atoms with Gasteiger partial charge in [-0.3, -0.25) is 9.79 Å². The fourth-order valence-electron chi connectivity index (χ4n) is 3.60. The van der Waals surface area contributed by atoms with Crippen molar-refractivity contribution in [3.05, 3.63) is 21.9 Å². The number of amides is 1. The molecular weight excluding hydrogens is 459 g/mol. The average Bonchev–Trinajstić information content (AvgIpc) is 3.19. The van der Waals surface area contributed by atoms with E-state index < -0.39 is 0 Å². The summed E-state index contributed by atoms with van der Waals surface area (Å²) >= 11 is 1.81. The predicted octanol–water partition coefficient (Wildman–Crippen LogP) is 3.34. The number of carbonyl (C=O) groups excluding carboxylic acids is 1. The maximum atomic E-state index is 12.5. The van der Waals surface area contributed by atoms with E-state index in [-0.39, 0.29) is 29.9 Å². The number of fused-ring (bicyclic) bond motifs is 1. The Hall–Kier alpha value is -0.830. The van der Waals surface area contributed by atoms with Crippen molar-refractivity contribution < 1.29 is 4.79 Å². The standard InChI is InChI=1S/C19H30N4OS.HI/c1-4-20-18(23-11-8-19(2,3)14-23)21-9-5-17(24)22-10-6-16-15(13-22)7-12-25-16;/h7,12H,4-6,8-11,13-14H2,1-3H3,(H,20,21);1H. The van der Waals surface area contributed by atoms with Crippen LogP contribution in [0.4, 0.5) is 0 Å². The van der Waals surface area contributed by atoms with Gasteiger partial charge >= 0.3 is 0 Å². The summed E-state index contributed by atoms with van der Waals surface area (Å²) in [7, 11) is 0. The van der Waals surface area contributed by atoms with Crippen LogP contribution in [-0.4, -0.2) is 54.4 Å². The second-order valence-electron chi connectivity index (χ2n) is 7.76. The monoisotopic (exact) mass is 490 g/mol. The normalized spacial score (nSPS) is 19.1. The summed E-state index contributed by atoms with van der Waals surface area (Å²) in [6.07, 6.45) is 2.67. The molecule has 3 rings (SSSR count). The van der Waals surface area contributed by atoms with Gasteiger partial charge < -0.3 is 15.1 Å². The van der Waals surface area contributed by atoms with Gasteiger partial charge in [-0.05, 0) is 42.2 Å². The molecule has 1 aromatic heterocycles. The maximum Gasteiger partial charge on any atom is 0.224 e. The molecule has 3 heterocycles. The number of hydrogen-bond acceptors (Lipinski definition) is 3. The number of nitrogens with zero attached hydrogens (tertiary/aromatic N) is 3. The van der Waals surface area contributed by atoms with E-state index in [0.29, 0.717) is 18.4 Å². The molecule has 0 aromatic carbocycles. The van der Waals surface area contributed by atoms with Crippen molar-refractivity contribution in [1.82, 2.24) is 15.1 Å². The quantitative estimate of drug-likeness (QED) is 0.400. The van der Waals surface area contributed by atoms with E-state index >= 15 is 0 Å². The van der Waals surface area contributed by atoms with Crippen molar-refractivity contribution in [3.8, 4) is 0 Å². The number of rotatable bonds is 4. The third-order valence-corrected chi connectivity index (χ3v) is 6.08. The molecule has 1 aromatic rings. The Labute approximate surface area is 178 Å². The SMILES string of the molecule is CCNC(=NCCC(=O)N1CCc2sccc2C1)N1CCC(C)(C)C1.I. The lowest BCUT2D eigenvalue weighted by atomic mass is 9.93. The molecule has 1 N–H and O–H groups in total. The van der Waals surface area contributed by atoms with Gasteiger partial charge in [0.25, 0.3) is 0 Å². The van der Waals surface area contributed by atoms with Crippen LogP contribution in [0.5, 0.6) is 0 Å². The molecule has 0 radical (unpaired) electrons. The van der Waals surface area contributed by atoms with Crippen LogP contribution < -0.4 is 5.32 Å². The van der Waals surface area contributed by atoms with Crippen molar-refractivity contribution in [1.29, 1.82) is 0 Å². The van der Waals surface area contributed by atoms with Crippen LogP contribution in [0.1, 0.15) is 44.1 Å². The van der Waals surface area contributed by atoms with Crippen LogP contribution in [0.25, 0.3) is 0 Å². The number of likely N-dealkylation sites (tertiary alicyclic amines) is 1. The Kier molecular flexibility index (Phi) is 7.76. The number of carbonyl (C=O) groups is 1. The Balaban J connectivity index is 0.00000243. The lowest BCUT2D eigenvalue weighted by molar-refractivity contribution is -0.131. The van der Waals surface area contributed by atoms with Crippen LogP contribution in [-0.2, 0) is 17.8 Å². The fourth-order valence-corrected chi connectivity index (χ4v) is 4.49. The van der Waals surface area contributed by atoms with Crippen molar-refractivity contribution >= 4 is 47.2 Å². The number of nitrogens with one attached hydrogen (secondary N) is 1. The second-order valence-corrected chi connectivity index (χ2v) is 8.76. The smallest absolute Gasteiger partial charge is 0.224 e. The summed E-state index contributed by atoms with van der Waals surface area (Å²) in [6, 6.07) is 2.15. The summed E-state index contributed by atoms with van der Waals surface area (Å²) in [4.78, 5) is 23.0. The first-order valence-electron chi connectivity index (χ1n) is 9.35. The van der Waals surface area contributed by atoms with Crippen LogP contribution in [0, 0.1) is 5.41 Å². The third-order valence-electron chi connectivity index (χ3n) is 5.06. The van der Waals surface area contributed by atoms with E-state index in [4.69, 9.17) is 4.99 Å². The van der Waals surface area contributed by atoms with E-state index in [0.717, 1.165) is 45.1 Å². The topological polar surface area (TPSA) is 47.9 Å². The van der Waals surface area contributed by atoms with Crippen LogP contribution in [0.15, 0.2) is 16.4 Å². The van der Waals surface area contributed by atoms with Gasteiger partial charge in [0.15, 0.2) is 5.96 Å². The number of thiophene rings is 1. The predicted molar refractivity (Wildman–Crippen MR) is 119 cm³/mol. The van der Waals surface area contributed by atoms with Gasteiger partial charge in [-0.15, -0.1) is 35.3 Å². The zero-order chi connectivity index (χ0) is 17.9. The molecule has 0 aliphatic carbocycles. The van der Waals surface area contributed by atoms with Gasteiger partial charge in [-0.25, -0.2) is 0 Å². The van der Waals surface area contributed by atoms with Gasteiger partial charge in [0.1, 0.15) is 0 Å². The zero-order valence-corrected chi connectivity index (χ0v) is 19.2. The van der Waals surface area contributed by atoms with Gasteiger partial charge in [0.2, 0.25) is 5.91 Å². The maximum absolute atomic E-state index is 12.5. The van der Waals surface area contributed by atoms with E-state index in [2.05, 4.69) is 42.4 Å². The molecule has 0 saturated carbocycles. The molecular formula is C19H31IN4OS. The highest BCUT2D eigenvalue weighted by Crippen LogP contribution is 2.28. The summed E-state index contributed by atoms with van der Waals surface area (Å²) in [5, 5.41) is 5.51. The molecule has 7 heteroatoms. The zero-order valence-electron chi connectivity index (χ0n) is 16.1. The molecule has 2 aliphatic heterocycles. The number of hydrogen-bond donors (Lipinski definition) is 1. The first-order valence-corrected chi connectivity index (χ1v) is 10.2. The van der Waals surface area contributed by atoms with E-state index in [1.165, 1.54) is 16.9 Å². The number of guanidine groups is 1. The molecule has 5 nitrogen and oxygen atoms in total. The summed E-state index contributed by atoms with van der Waals surface area (Å²) < 4.78 is 0. The van der Waals surface area contributed by atoms with Crippen LogP contribution >= 0.6 is 35.3 Å². The van der Waals surface area contributed by atoms with Gasteiger partial charge in [0, 0.05) is 44.0 Å². The molecule has 1 amide bonds. The summed E-state index contributed by atoms with van der Waals surface area (Å²) in [6.45, 7) is 11.8. The van der Waals surface area contributed by atoms with Gasteiger partial charge in [-0.2, -0.15) is 0 Å². The average molecular weight is 490 g/mol.